The van der Waals surface area contributed by atoms with Gasteiger partial charge in [-0.2, -0.15) is 0 Å². The van der Waals surface area contributed by atoms with E-state index >= 15 is 0 Å². The molecule has 3 N–H and O–H groups in total. The number of carbonyl (C=O) groups is 2. The summed E-state index contributed by atoms with van der Waals surface area (Å²) < 4.78 is 4.73. The van der Waals surface area contributed by atoms with Crippen molar-refractivity contribution < 1.29 is 14.3 Å². The van der Waals surface area contributed by atoms with Gasteiger partial charge in [0.1, 0.15) is 11.4 Å². The van der Waals surface area contributed by atoms with E-state index in [0.717, 1.165) is 0 Å². The standard InChI is InChI=1S/C14H22N4O3/c1-5-18(8-12(19)17-9(2)3)13-11(14(20)21-4)6-10(15)7-16-13/h6-7,9H,5,8,15H2,1-4H3,(H,17,19). The largest absolute Gasteiger partial charge is 0.465 e. The maximum Gasteiger partial charge on any atom is 0.341 e. The van der Waals surface area contributed by atoms with Gasteiger partial charge in [0.25, 0.3) is 0 Å². The Hall–Kier alpha value is -2.31. The Morgan fingerprint density at radius 1 is 1.48 bits per heavy atom. The van der Waals surface area contributed by atoms with E-state index in [4.69, 9.17) is 10.5 Å². The molecule has 7 nitrogen and oxygen atoms in total. The minimum absolute atomic E-state index is 0.0515. The van der Waals surface area contributed by atoms with E-state index in [0.29, 0.717) is 18.1 Å². The number of pyridine rings is 1. The Balaban J connectivity index is 3.05. The van der Waals surface area contributed by atoms with Gasteiger partial charge in [0.2, 0.25) is 5.91 Å². The van der Waals surface area contributed by atoms with Crippen LogP contribution in [0.5, 0.6) is 0 Å². The molecule has 21 heavy (non-hydrogen) atoms. The number of likely N-dealkylation sites (N-methyl/N-ethyl adjacent to an activating group) is 1. The third-order valence-electron chi connectivity index (χ3n) is 2.76. The molecule has 0 saturated heterocycles. The van der Waals surface area contributed by atoms with Gasteiger partial charge in [-0.25, -0.2) is 9.78 Å². The average Bonchev–Trinajstić information content (AvgIpc) is 2.43. The van der Waals surface area contributed by atoms with E-state index in [1.54, 1.807) is 4.90 Å². The number of hydrogen-bond acceptors (Lipinski definition) is 6. The molecule has 0 saturated carbocycles. The number of anilines is 2. The lowest BCUT2D eigenvalue weighted by atomic mass is 10.2. The van der Waals surface area contributed by atoms with Crippen molar-refractivity contribution in [2.24, 2.45) is 0 Å². The first kappa shape index (κ1) is 16.7. The van der Waals surface area contributed by atoms with Crippen molar-refractivity contribution in [3.8, 4) is 0 Å². The van der Waals surface area contributed by atoms with Crippen molar-refractivity contribution in [3.05, 3.63) is 17.8 Å². The molecule has 1 aromatic heterocycles. The van der Waals surface area contributed by atoms with Gasteiger partial charge >= 0.3 is 5.97 Å². The van der Waals surface area contributed by atoms with Gasteiger partial charge in [-0.3, -0.25) is 4.79 Å². The summed E-state index contributed by atoms with van der Waals surface area (Å²) in [6.07, 6.45) is 1.45. The van der Waals surface area contributed by atoms with E-state index < -0.39 is 5.97 Å². The van der Waals surface area contributed by atoms with Crippen LogP contribution in [0.3, 0.4) is 0 Å². The molecule has 0 aliphatic rings. The fourth-order valence-corrected chi connectivity index (χ4v) is 1.86. The summed E-state index contributed by atoms with van der Waals surface area (Å²) in [6, 6.07) is 1.55. The second kappa shape index (κ2) is 7.47. The van der Waals surface area contributed by atoms with Crippen LogP contribution in [0, 0.1) is 0 Å². The lowest BCUT2D eigenvalue weighted by Crippen LogP contribution is -2.41. The number of aromatic nitrogens is 1. The van der Waals surface area contributed by atoms with E-state index in [1.807, 2.05) is 20.8 Å². The molecule has 1 rings (SSSR count). The molecule has 1 amide bonds. The third kappa shape index (κ3) is 4.62. The molecular weight excluding hydrogens is 272 g/mol. The topological polar surface area (TPSA) is 97.5 Å². The number of nitrogens with two attached hydrogens (primary N) is 1. The number of nitrogen functional groups attached to an aromatic ring is 1. The van der Waals surface area contributed by atoms with Gasteiger partial charge in [0, 0.05) is 12.6 Å². The summed E-state index contributed by atoms with van der Waals surface area (Å²) in [4.78, 5) is 29.6. The number of hydrogen-bond donors (Lipinski definition) is 2. The fraction of sp³-hybridized carbons (Fsp3) is 0.500. The highest BCUT2D eigenvalue weighted by Gasteiger charge is 2.20. The quantitative estimate of drug-likeness (QED) is 0.753. The van der Waals surface area contributed by atoms with E-state index in [1.165, 1.54) is 19.4 Å². The van der Waals surface area contributed by atoms with Crippen LogP contribution in [0.2, 0.25) is 0 Å². The molecule has 0 aromatic carbocycles. The number of esters is 1. The first-order valence-corrected chi connectivity index (χ1v) is 6.77. The van der Waals surface area contributed by atoms with Crippen LogP contribution in [0.1, 0.15) is 31.1 Å². The summed E-state index contributed by atoms with van der Waals surface area (Å²) in [5, 5.41) is 2.80. The molecule has 0 aliphatic carbocycles. The molecule has 0 radical (unpaired) electrons. The highest BCUT2D eigenvalue weighted by atomic mass is 16.5. The Labute approximate surface area is 124 Å². The summed E-state index contributed by atoms with van der Waals surface area (Å²) in [6.45, 7) is 6.27. The second-order valence-corrected chi connectivity index (χ2v) is 4.87. The Morgan fingerprint density at radius 2 is 2.14 bits per heavy atom. The van der Waals surface area contributed by atoms with Crippen molar-refractivity contribution >= 4 is 23.4 Å². The number of ether oxygens (including phenoxy) is 1. The predicted molar refractivity (Wildman–Crippen MR) is 81.2 cm³/mol. The lowest BCUT2D eigenvalue weighted by Gasteiger charge is -2.23. The number of amides is 1. The highest BCUT2D eigenvalue weighted by molar-refractivity contribution is 5.96. The van der Waals surface area contributed by atoms with Crippen molar-refractivity contribution in [2.45, 2.75) is 26.8 Å². The predicted octanol–water partition coefficient (Wildman–Crippen LogP) is 0.801. The molecule has 0 spiro atoms. The van der Waals surface area contributed by atoms with Gasteiger partial charge in [-0.05, 0) is 26.8 Å². The Kier molecular flexibility index (Phi) is 5.95. The summed E-state index contributed by atoms with van der Waals surface area (Å²) >= 11 is 0. The van der Waals surface area contributed by atoms with Crippen LogP contribution < -0.4 is 16.0 Å². The number of carbonyl (C=O) groups excluding carboxylic acids is 2. The SMILES string of the molecule is CCN(CC(=O)NC(C)C)c1ncc(N)cc1C(=O)OC. The molecule has 7 heteroatoms. The number of methoxy groups -OCH3 is 1. The minimum Gasteiger partial charge on any atom is -0.465 e. The zero-order valence-corrected chi connectivity index (χ0v) is 12.8. The minimum atomic E-state index is -0.535. The maximum atomic E-state index is 11.9. The Bertz CT molecular complexity index is 517. The smallest absolute Gasteiger partial charge is 0.341 e. The fourth-order valence-electron chi connectivity index (χ4n) is 1.86. The molecule has 0 fully saturated rings. The second-order valence-electron chi connectivity index (χ2n) is 4.87. The molecular formula is C14H22N4O3. The van der Waals surface area contributed by atoms with Crippen molar-refractivity contribution in [1.82, 2.24) is 10.3 Å². The number of nitrogens with one attached hydrogen (secondary N) is 1. The van der Waals surface area contributed by atoms with E-state index in [-0.39, 0.29) is 24.1 Å². The molecule has 0 unspecified atom stereocenters. The molecule has 116 valence electrons. The number of nitrogens with zero attached hydrogens (tertiary/aromatic N) is 2. The summed E-state index contributed by atoms with van der Waals surface area (Å²) in [7, 11) is 1.29. The highest BCUT2D eigenvalue weighted by Crippen LogP contribution is 2.20. The molecule has 0 atom stereocenters. The van der Waals surface area contributed by atoms with Crippen LogP contribution >= 0.6 is 0 Å². The van der Waals surface area contributed by atoms with Crippen LogP contribution in [-0.2, 0) is 9.53 Å². The monoisotopic (exact) mass is 294 g/mol. The van der Waals surface area contributed by atoms with Gasteiger partial charge < -0.3 is 20.7 Å². The summed E-state index contributed by atoms with van der Waals surface area (Å²) in [5.41, 5.74) is 6.27. The van der Waals surface area contributed by atoms with Gasteiger partial charge in [-0.1, -0.05) is 0 Å². The molecule has 1 heterocycles. The first-order chi connectivity index (χ1) is 9.88. The van der Waals surface area contributed by atoms with E-state index in [9.17, 15) is 9.59 Å². The van der Waals surface area contributed by atoms with E-state index in [2.05, 4.69) is 10.3 Å². The van der Waals surface area contributed by atoms with Gasteiger partial charge in [0.15, 0.2) is 0 Å². The maximum absolute atomic E-state index is 11.9. The van der Waals surface area contributed by atoms with Crippen LogP contribution in [0.25, 0.3) is 0 Å². The van der Waals surface area contributed by atoms with Crippen molar-refractivity contribution in [1.29, 1.82) is 0 Å². The van der Waals surface area contributed by atoms with Crippen molar-refractivity contribution in [2.75, 3.05) is 30.8 Å². The third-order valence-corrected chi connectivity index (χ3v) is 2.76. The van der Waals surface area contributed by atoms with Gasteiger partial charge in [0.05, 0.1) is 25.5 Å². The molecule has 0 bridgehead atoms. The van der Waals surface area contributed by atoms with Crippen molar-refractivity contribution in [3.63, 3.8) is 0 Å². The molecule has 0 aliphatic heterocycles. The van der Waals surface area contributed by atoms with Crippen LogP contribution in [0.15, 0.2) is 12.3 Å². The zero-order chi connectivity index (χ0) is 16.0. The molecule has 1 aromatic rings. The average molecular weight is 294 g/mol. The number of rotatable bonds is 6. The first-order valence-electron chi connectivity index (χ1n) is 6.77. The van der Waals surface area contributed by atoms with Gasteiger partial charge in [-0.15, -0.1) is 0 Å². The van der Waals surface area contributed by atoms with Crippen LogP contribution in [-0.4, -0.2) is 43.1 Å². The Morgan fingerprint density at radius 3 is 2.67 bits per heavy atom. The normalized spacial score (nSPS) is 10.3. The zero-order valence-electron chi connectivity index (χ0n) is 12.8. The van der Waals surface area contributed by atoms with Crippen LogP contribution in [0.4, 0.5) is 11.5 Å². The lowest BCUT2D eigenvalue weighted by molar-refractivity contribution is -0.120. The summed E-state index contributed by atoms with van der Waals surface area (Å²) in [5.74, 6) is -0.286.